The smallest absolute Gasteiger partial charge is 0.310 e. The van der Waals surface area contributed by atoms with Crippen LogP contribution in [0.25, 0.3) is 0 Å². The van der Waals surface area contributed by atoms with Crippen LogP contribution in [0.3, 0.4) is 0 Å². The first-order chi connectivity index (χ1) is 6.74. The molecule has 0 aliphatic carbocycles. The number of carbonyl (C=O) groups excluding carboxylic acids is 1. The van der Waals surface area contributed by atoms with Gasteiger partial charge < -0.3 is 4.74 Å². The van der Waals surface area contributed by atoms with Gasteiger partial charge in [0.05, 0.1) is 6.26 Å². The molecule has 0 heterocycles. The zero-order valence-electron chi connectivity index (χ0n) is 9.42. The molecule has 0 spiro atoms. The molecule has 14 heavy (non-hydrogen) atoms. The van der Waals surface area contributed by atoms with Crippen LogP contribution in [0.5, 0.6) is 0 Å². The van der Waals surface area contributed by atoms with Crippen molar-refractivity contribution >= 4 is 5.97 Å². The quantitative estimate of drug-likeness (QED) is 0.439. The second-order valence-corrected chi connectivity index (χ2v) is 3.61. The first-order valence-electron chi connectivity index (χ1n) is 5.54. The molecule has 0 bridgehead atoms. The summed E-state index contributed by atoms with van der Waals surface area (Å²) in [5, 5.41) is 0. The molecule has 0 aromatic rings. The van der Waals surface area contributed by atoms with E-state index in [2.05, 4.69) is 25.2 Å². The molecule has 82 valence electrons. The molecule has 0 aliphatic heterocycles. The molecule has 0 amide bonds. The maximum absolute atomic E-state index is 11.0. The van der Waals surface area contributed by atoms with E-state index in [-0.39, 0.29) is 5.97 Å². The average Bonchev–Trinajstić information content (AvgIpc) is 2.19. The van der Waals surface area contributed by atoms with Gasteiger partial charge >= 0.3 is 5.97 Å². The van der Waals surface area contributed by atoms with E-state index in [1.54, 1.807) is 0 Å². The van der Waals surface area contributed by atoms with Crippen LogP contribution in [0.2, 0.25) is 0 Å². The highest BCUT2D eigenvalue weighted by atomic mass is 16.5. The van der Waals surface area contributed by atoms with Gasteiger partial charge in [-0.15, -0.1) is 0 Å². The average molecular weight is 198 g/mol. The third-order valence-electron chi connectivity index (χ3n) is 2.51. The number of hydrogen-bond donors (Lipinski definition) is 0. The molecule has 1 unspecified atom stereocenters. The summed E-state index contributed by atoms with van der Waals surface area (Å²) in [5.41, 5.74) is 0. The molecular formula is C12H22O2. The standard InChI is InChI=1S/C12H22O2/c1-4-7-8-11(5-2)9-10-12(13)14-6-3/h6,11H,3-5,7-10H2,1-2H3. The van der Waals surface area contributed by atoms with Gasteiger partial charge in [-0.3, -0.25) is 4.79 Å². The summed E-state index contributed by atoms with van der Waals surface area (Å²) in [5.74, 6) is 0.516. The molecule has 2 heteroatoms. The highest BCUT2D eigenvalue weighted by Crippen LogP contribution is 2.18. The molecule has 0 saturated heterocycles. The second kappa shape index (κ2) is 8.79. The highest BCUT2D eigenvalue weighted by molar-refractivity contribution is 5.69. The summed E-state index contributed by atoms with van der Waals surface area (Å²) in [4.78, 5) is 11.0. The van der Waals surface area contributed by atoms with Gasteiger partial charge in [-0.2, -0.15) is 0 Å². The van der Waals surface area contributed by atoms with E-state index in [0.717, 1.165) is 12.8 Å². The van der Waals surface area contributed by atoms with E-state index < -0.39 is 0 Å². The van der Waals surface area contributed by atoms with Crippen molar-refractivity contribution in [1.29, 1.82) is 0 Å². The fourth-order valence-corrected chi connectivity index (χ4v) is 1.52. The molecule has 0 aliphatic rings. The molecule has 0 N–H and O–H groups in total. The Morgan fingerprint density at radius 1 is 1.43 bits per heavy atom. The van der Waals surface area contributed by atoms with E-state index in [4.69, 9.17) is 0 Å². The fraction of sp³-hybridized carbons (Fsp3) is 0.750. The monoisotopic (exact) mass is 198 g/mol. The van der Waals surface area contributed by atoms with Crippen LogP contribution in [0.15, 0.2) is 12.8 Å². The van der Waals surface area contributed by atoms with Gasteiger partial charge in [-0.25, -0.2) is 0 Å². The largest absolute Gasteiger partial charge is 0.435 e. The Bertz CT molecular complexity index is 164. The number of unbranched alkanes of at least 4 members (excludes halogenated alkanes) is 1. The summed E-state index contributed by atoms with van der Waals surface area (Å²) in [6, 6.07) is 0. The molecule has 1 atom stereocenters. The first kappa shape index (κ1) is 13.2. The Morgan fingerprint density at radius 3 is 2.64 bits per heavy atom. The van der Waals surface area contributed by atoms with E-state index in [0.29, 0.717) is 12.3 Å². The second-order valence-electron chi connectivity index (χ2n) is 3.61. The number of ether oxygens (including phenoxy) is 1. The van der Waals surface area contributed by atoms with E-state index in [1.807, 2.05) is 0 Å². The lowest BCUT2D eigenvalue weighted by Gasteiger charge is -2.12. The number of esters is 1. The van der Waals surface area contributed by atoms with Gasteiger partial charge in [-0.1, -0.05) is 46.1 Å². The van der Waals surface area contributed by atoms with Gasteiger partial charge in [0.25, 0.3) is 0 Å². The van der Waals surface area contributed by atoms with Crippen molar-refractivity contribution in [2.24, 2.45) is 5.92 Å². The van der Waals surface area contributed by atoms with E-state index >= 15 is 0 Å². The van der Waals surface area contributed by atoms with Gasteiger partial charge in [0.15, 0.2) is 0 Å². The van der Waals surface area contributed by atoms with Crippen LogP contribution in [0.4, 0.5) is 0 Å². The summed E-state index contributed by atoms with van der Waals surface area (Å²) < 4.78 is 4.67. The summed E-state index contributed by atoms with van der Waals surface area (Å²) >= 11 is 0. The van der Waals surface area contributed by atoms with Gasteiger partial charge in [0.2, 0.25) is 0 Å². The van der Waals surface area contributed by atoms with Crippen molar-refractivity contribution in [1.82, 2.24) is 0 Å². The molecule has 2 nitrogen and oxygen atoms in total. The minimum Gasteiger partial charge on any atom is -0.435 e. The highest BCUT2D eigenvalue weighted by Gasteiger charge is 2.09. The van der Waals surface area contributed by atoms with Crippen molar-refractivity contribution in [2.75, 3.05) is 0 Å². The van der Waals surface area contributed by atoms with Crippen LogP contribution >= 0.6 is 0 Å². The normalized spacial score (nSPS) is 12.1. The fourth-order valence-electron chi connectivity index (χ4n) is 1.52. The molecule has 0 saturated carbocycles. The summed E-state index contributed by atoms with van der Waals surface area (Å²) in [6.07, 6.45) is 7.55. The molecular weight excluding hydrogens is 176 g/mol. The topological polar surface area (TPSA) is 26.3 Å². The number of rotatable bonds is 8. The lowest BCUT2D eigenvalue weighted by Crippen LogP contribution is -2.05. The van der Waals surface area contributed by atoms with Crippen molar-refractivity contribution in [3.8, 4) is 0 Å². The minimum atomic E-state index is -0.157. The van der Waals surface area contributed by atoms with Crippen LogP contribution in [0, 0.1) is 5.92 Å². The Morgan fingerprint density at radius 2 is 2.14 bits per heavy atom. The Kier molecular flexibility index (Phi) is 8.30. The van der Waals surface area contributed by atoms with E-state index in [1.165, 1.54) is 25.5 Å². The Hall–Kier alpha value is -0.790. The third-order valence-corrected chi connectivity index (χ3v) is 2.51. The minimum absolute atomic E-state index is 0.157. The Labute approximate surface area is 87.3 Å². The van der Waals surface area contributed by atoms with Gasteiger partial charge in [0.1, 0.15) is 0 Å². The summed E-state index contributed by atoms with van der Waals surface area (Å²) in [7, 11) is 0. The zero-order valence-corrected chi connectivity index (χ0v) is 9.42. The maximum atomic E-state index is 11.0. The molecule has 0 radical (unpaired) electrons. The van der Waals surface area contributed by atoms with E-state index in [9.17, 15) is 4.79 Å². The Balaban J connectivity index is 3.60. The van der Waals surface area contributed by atoms with Crippen LogP contribution in [-0.2, 0) is 9.53 Å². The molecule has 0 aromatic carbocycles. The first-order valence-corrected chi connectivity index (χ1v) is 5.54. The maximum Gasteiger partial charge on any atom is 0.310 e. The lowest BCUT2D eigenvalue weighted by atomic mass is 9.94. The van der Waals surface area contributed by atoms with Crippen molar-refractivity contribution < 1.29 is 9.53 Å². The third kappa shape index (κ3) is 6.70. The lowest BCUT2D eigenvalue weighted by molar-refractivity contribution is -0.138. The van der Waals surface area contributed by atoms with Crippen LogP contribution in [-0.4, -0.2) is 5.97 Å². The zero-order chi connectivity index (χ0) is 10.8. The van der Waals surface area contributed by atoms with Crippen LogP contribution < -0.4 is 0 Å². The SMILES string of the molecule is C=COC(=O)CCC(CC)CCCC. The van der Waals surface area contributed by atoms with Crippen molar-refractivity contribution in [2.45, 2.75) is 52.4 Å². The number of carbonyl (C=O) groups is 1. The number of hydrogen-bond acceptors (Lipinski definition) is 2. The van der Waals surface area contributed by atoms with Gasteiger partial charge in [-0.05, 0) is 12.3 Å². The predicted molar refractivity (Wildman–Crippen MR) is 58.8 cm³/mol. The predicted octanol–water partition coefficient (Wildman–Crippen LogP) is 3.67. The molecule has 0 aromatic heterocycles. The summed E-state index contributed by atoms with van der Waals surface area (Å²) in [6.45, 7) is 7.73. The molecule has 0 fully saturated rings. The van der Waals surface area contributed by atoms with Crippen LogP contribution in [0.1, 0.15) is 52.4 Å². The van der Waals surface area contributed by atoms with Crippen molar-refractivity contribution in [3.05, 3.63) is 12.8 Å². The van der Waals surface area contributed by atoms with Crippen molar-refractivity contribution in [3.63, 3.8) is 0 Å². The van der Waals surface area contributed by atoms with Gasteiger partial charge in [0, 0.05) is 6.42 Å². The molecule has 0 rings (SSSR count).